The molecule has 0 aromatic heterocycles. The molecule has 0 radical (unpaired) electrons. The summed E-state index contributed by atoms with van der Waals surface area (Å²) in [6.07, 6.45) is 2.41. The fraction of sp³-hybridized carbons (Fsp3) is 0.194. The topological polar surface area (TPSA) is 0 Å². The molecule has 4 rings (SSSR count). The van der Waals surface area contributed by atoms with Gasteiger partial charge in [0.2, 0.25) is 0 Å². The van der Waals surface area contributed by atoms with Crippen LogP contribution in [0.2, 0.25) is 0 Å². The smallest absolute Gasteiger partial charge is 0 e. The summed E-state index contributed by atoms with van der Waals surface area (Å²) in [4.78, 5) is 0. The van der Waals surface area contributed by atoms with Gasteiger partial charge in [-0.1, -0.05) is 121 Å². The Labute approximate surface area is 231 Å². The van der Waals surface area contributed by atoms with Crippen molar-refractivity contribution in [3.8, 4) is 5.63 Å². The Balaban J connectivity index is 0.000000552. The van der Waals surface area contributed by atoms with Crippen LogP contribution < -0.4 is 21.2 Å². The minimum atomic E-state index is -0.348. The maximum Gasteiger partial charge on any atom is 0 e. The van der Waals surface area contributed by atoms with Gasteiger partial charge in [0.1, 0.15) is 0 Å². The van der Waals surface area contributed by atoms with Gasteiger partial charge in [-0.15, -0.1) is 0 Å². The van der Waals surface area contributed by atoms with Crippen molar-refractivity contribution < 1.29 is 21.1 Å². The van der Waals surface area contributed by atoms with Gasteiger partial charge >= 0.3 is 40.5 Å². The molecule has 0 saturated carbocycles. The van der Waals surface area contributed by atoms with Crippen molar-refractivity contribution in [2.75, 3.05) is 12.3 Å². The fourth-order valence-electron chi connectivity index (χ4n) is 3.45. The molecule has 0 aliphatic rings. The van der Waals surface area contributed by atoms with E-state index in [0.717, 1.165) is 0 Å². The van der Waals surface area contributed by atoms with Gasteiger partial charge in [-0.05, 0) is 49.4 Å². The average Bonchev–Trinajstić information content (AvgIpc) is 2.89. The van der Waals surface area contributed by atoms with Gasteiger partial charge in [-0.2, -0.15) is 0 Å². The zero-order valence-corrected chi connectivity index (χ0v) is 25.6. The van der Waals surface area contributed by atoms with Crippen LogP contribution in [0.4, 0.5) is 0 Å². The van der Waals surface area contributed by atoms with Crippen LogP contribution in [-0.2, 0) is 21.1 Å². The summed E-state index contributed by atoms with van der Waals surface area (Å²) in [6.45, 7) is 6.17. The Morgan fingerprint density at radius 3 is 0.886 bits per heavy atom. The van der Waals surface area contributed by atoms with Crippen LogP contribution in [-0.4, -0.2) is 12.3 Å². The molecule has 0 atom stereocenters. The molecule has 0 aliphatic heterocycles. The van der Waals surface area contributed by atoms with Gasteiger partial charge in [0, 0.05) is 21.1 Å². The summed E-state index contributed by atoms with van der Waals surface area (Å²) in [5.41, 5.74) is 2.95. The quantitative estimate of drug-likeness (QED) is 0.175. The van der Waals surface area contributed by atoms with E-state index in [9.17, 15) is 0 Å². The minimum Gasteiger partial charge on any atom is -0.0622 e. The van der Waals surface area contributed by atoms with Gasteiger partial charge in [0.15, 0.2) is 0 Å². The van der Waals surface area contributed by atoms with Crippen molar-refractivity contribution >= 4 is 45.8 Å². The van der Waals surface area contributed by atoms with Crippen molar-refractivity contribution in [3.63, 3.8) is 0 Å². The zero-order chi connectivity index (χ0) is 24.2. The standard InChI is InChI=1S/C26H24P2.C5H9P.Pt/c1-5-13-23(14-6-1)27(24-15-7-2-8-16-24)21-22-28(25-17-9-3-10-18-25)26-19-11-4-12-20-26;1-5(2,3)4-6;/h1-20H,21-22H2;1-3H3;. The largest absolute Gasteiger partial charge is 0.0622 e. The van der Waals surface area contributed by atoms with E-state index in [-0.39, 0.29) is 42.3 Å². The van der Waals surface area contributed by atoms with Crippen molar-refractivity contribution in [2.45, 2.75) is 20.8 Å². The second-order valence-electron chi connectivity index (χ2n) is 9.01. The van der Waals surface area contributed by atoms with E-state index in [0.29, 0.717) is 0 Å². The molecule has 0 unspecified atom stereocenters. The zero-order valence-electron chi connectivity index (χ0n) is 20.6. The van der Waals surface area contributed by atoms with Crippen LogP contribution in [0, 0.1) is 11.0 Å². The Bertz CT molecular complexity index is 974. The molecule has 4 heteroatoms. The predicted molar refractivity (Wildman–Crippen MR) is 158 cm³/mol. The molecule has 0 aliphatic carbocycles. The molecule has 0 saturated heterocycles. The van der Waals surface area contributed by atoms with Crippen molar-refractivity contribution in [2.24, 2.45) is 5.41 Å². The minimum absolute atomic E-state index is 0. The fourth-order valence-corrected chi connectivity index (χ4v) is 8.80. The molecule has 4 aromatic rings. The van der Waals surface area contributed by atoms with Crippen LogP contribution in [0.15, 0.2) is 121 Å². The van der Waals surface area contributed by atoms with E-state index < -0.39 is 0 Å². The van der Waals surface area contributed by atoms with Gasteiger partial charge in [-0.3, -0.25) is 0 Å². The maximum atomic E-state index is 3.85. The second kappa shape index (κ2) is 15.7. The Morgan fingerprint density at radius 1 is 0.514 bits per heavy atom. The number of rotatable bonds is 7. The van der Waals surface area contributed by atoms with Crippen LogP contribution >= 0.6 is 24.5 Å². The van der Waals surface area contributed by atoms with Gasteiger partial charge < -0.3 is 0 Å². The second-order valence-corrected chi connectivity index (χ2v) is 13.9. The normalized spacial score (nSPS) is 10.6. The molecular formula is C31H33P3Pt. The first-order valence-electron chi connectivity index (χ1n) is 11.6. The third-order valence-electron chi connectivity index (χ3n) is 5.15. The first-order valence-corrected chi connectivity index (χ1v) is 15.1. The van der Waals surface area contributed by atoms with Gasteiger partial charge in [0.25, 0.3) is 0 Å². The van der Waals surface area contributed by atoms with Gasteiger partial charge in [0.05, 0.1) is 0 Å². The van der Waals surface area contributed by atoms with Crippen molar-refractivity contribution in [1.82, 2.24) is 0 Å². The molecule has 0 spiro atoms. The number of benzene rings is 4. The van der Waals surface area contributed by atoms with Crippen LogP contribution in [0.1, 0.15) is 20.8 Å². The Kier molecular flexibility index (Phi) is 13.4. The predicted octanol–water partition coefficient (Wildman–Crippen LogP) is 7.65. The average molecular weight is 694 g/mol. The third kappa shape index (κ3) is 10.3. The molecule has 0 nitrogen and oxygen atoms in total. The molecule has 0 N–H and O–H groups in total. The monoisotopic (exact) mass is 693 g/mol. The molecule has 182 valence electrons. The van der Waals surface area contributed by atoms with E-state index in [1.165, 1.54) is 33.5 Å². The Morgan fingerprint density at radius 2 is 0.714 bits per heavy atom. The molecule has 0 bridgehead atoms. The molecule has 35 heavy (non-hydrogen) atoms. The molecule has 4 aromatic carbocycles. The van der Waals surface area contributed by atoms with E-state index in [1.54, 1.807) is 0 Å². The third-order valence-corrected chi connectivity index (χ3v) is 11.2. The van der Waals surface area contributed by atoms with E-state index in [2.05, 4.69) is 156 Å². The summed E-state index contributed by atoms with van der Waals surface area (Å²) < 4.78 is 0. The first kappa shape index (κ1) is 29.9. The van der Waals surface area contributed by atoms with Crippen molar-refractivity contribution in [1.29, 1.82) is 0 Å². The summed E-state index contributed by atoms with van der Waals surface area (Å²) >= 11 is 0. The molecule has 0 fully saturated rings. The Hall–Kier alpha value is -1.36. The SMILES string of the molecule is CC(C)(C)C#P.[Pt].c1ccc(P(CCP(c2ccccc2)c2ccccc2)c2ccccc2)cc1. The first-order chi connectivity index (χ1) is 16.5. The summed E-state index contributed by atoms with van der Waals surface area (Å²) in [5, 5.41) is 5.89. The summed E-state index contributed by atoms with van der Waals surface area (Å²) in [5.74, 6) is 0. The van der Waals surface area contributed by atoms with E-state index >= 15 is 0 Å². The number of hydrogen-bond acceptors (Lipinski definition) is 0. The van der Waals surface area contributed by atoms with Crippen LogP contribution in [0.5, 0.6) is 0 Å². The van der Waals surface area contributed by atoms with E-state index in [4.69, 9.17) is 0 Å². The van der Waals surface area contributed by atoms with E-state index in [1.807, 2.05) is 0 Å². The van der Waals surface area contributed by atoms with Crippen LogP contribution in [0.25, 0.3) is 0 Å². The van der Waals surface area contributed by atoms with Crippen molar-refractivity contribution in [3.05, 3.63) is 121 Å². The molecule has 0 amide bonds. The number of hydrogen-bond donors (Lipinski definition) is 0. The summed E-state index contributed by atoms with van der Waals surface area (Å²) in [7, 11) is 3.16. The summed E-state index contributed by atoms with van der Waals surface area (Å²) in [6, 6.07) is 44.2. The van der Waals surface area contributed by atoms with Crippen LogP contribution in [0.3, 0.4) is 0 Å². The molecular weight excluding hydrogens is 660 g/mol. The molecule has 0 heterocycles. The van der Waals surface area contributed by atoms with Gasteiger partial charge in [-0.25, -0.2) is 0 Å². The maximum absolute atomic E-state index is 3.85.